The number of hydrogen-bond acceptors (Lipinski definition) is 5. The molecule has 0 saturated carbocycles. The van der Waals surface area contributed by atoms with Crippen molar-refractivity contribution in [3.63, 3.8) is 0 Å². The molecule has 19 heavy (non-hydrogen) atoms. The van der Waals surface area contributed by atoms with Crippen LogP contribution in [0.1, 0.15) is 16.3 Å². The molecule has 0 aliphatic heterocycles. The molecule has 0 saturated heterocycles. The number of aryl methyl sites for hydroxylation is 2. The van der Waals surface area contributed by atoms with E-state index in [-0.39, 0.29) is 0 Å². The van der Waals surface area contributed by atoms with E-state index < -0.39 is 0 Å². The second-order valence-electron chi connectivity index (χ2n) is 4.11. The van der Waals surface area contributed by atoms with Gasteiger partial charge in [-0.15, -0.1) is 34.4 Å². The van der Waals surface area contributed by atoms with Crippen LogP contribution in [0.4, 0.5) is 0 Å². The molecule has 0 fully saturated rings. The number of aromatic nitrogens is 2. The highest BCUT2D eigenvalue weighted by molar-refractivity contribution is 8.00. The molecule has 0 aliphatic rings. The summed E-state index contributed by atoms with van der Waals surface area (Å²) >= 11 is 11.5. The van der Waals surface area contributed by atoms with E-state index in [1.54, 1.807) is 34.4 Å². The first-order valence-electron chi connectivity index (χ1n) is 5.73. The summed E-state index contributed by atoms with van der Waals surface area (Å²) in [6, 6.07) is 4.16. The molecule has 0 aromatic carbocycles. The summed E-state index contributed by atoms with van der Waals surface area (Å²) in [5, 5.41) is 3.66. The second-order valence-corrected chi connectivity index (χ2v) is 7.90. The summed E-state index contributed by atoms with van der Waals surface area (Å²) in [6.45, 7) is 4.17. The third-order valence-electron chi connectivity index (χ3n) is 2.87. The monoisotopic (exact) mass is 326 g/mol. The van der Waals surface area contributed by atoms with E-state index in [4.69, 9.17) is 11.6 Å². The zero-order chi connectivity index (χ0) is 13.4. The Balaban J connectivity index is 1.92. The van der Waals surface area contributed by atoms with Crippen LogP contribution in [-0.4, -0.2) is 9.97 Å². The van der Waals surface area contributed by atoms with E-state index >= 15 is 0 Å². The third-order valence-corrected chi connectivity index (χ3v) is 6.37. The van der Waals surface area contributed by atoms with Gasteiger partial charge in [0.1, 0.15) is 15.8 Å². The lowest BCUT2D eigenvalue weighted by Crippen LogP contribution is -1.93. The summed E-state index contributed by atoms with van der Waals surface area (Å²) < 4.78 is 1.28. The maximum Gasteiger partial charge on any atom is 0.142 e. The minimum absolute atomic E-state index is 0.577. The van der Waals surface area contributed by atoms with Crippen molar-refractivity contribution in [2.75, 3.05) is 0 Å². The van der Waals surface area contributed by atoms with Gasteiger partial charge in [0.25, 0.3) is 0 Å². The largest absolute Gasteiger partial charge is 0.221 e. The predicted octanol–water partition coefficient (Wildman–Crippen LogP) is 5.32. The van der Waals surface area contributed by atoms with Crippen LogP contribution < -0.4 is 0 Å². The summed E-state index contributed by atoms with van der Waals surface area (Å²) in [7, 11) is 0. The number of hydrogen-bond donors (Lipinski definition) is 0. The molecule has 0 aliphatic carbocycles. The molecule has 3 aromatic heterocycles. The first kappa shape index (κ1) is 13.4. The molecule has 0 N–H and O–H groups in total. The van der Waals surface area contributed by atoms with E-state index in [2.05, 4.69) is 41.3 Å². The lowest BCUT2D eigenvalue weighted by Gasteiger charge is -2.01. The number of thioether (sulfide) groups is 1. The molecule has 0 atom stereocenters. The van der Waals surface area contributed by atoms with Crippen LogP contribution in [0.2, 0.25) is 5.15 Å². The van der Waals surface area contributed by atoms with Crippen LogP contribution in [0, 0.1) is 13.8 Å². The Hall–Kier alpha value is -0.620. The normalized spacial score (nSPS) is 11.3. The van der Waals surface area contributed by atoms with Gasteiger partial charge in [0.2, 0.25) is 0 Å². The van der Waals surface area contributed by atoms with Crippen molar-refractivity contribution < 1.29 is 0 Å². The first-order chi connectivity index (χ1) is 9.15. The van der Waals surface area contributed by atoms with Crippen LogP contribution in [0.25, 0.3) is 10.2 Å². The summed E-state index contributed by atoms with van der Waals surface area (Å²) in [5.74, 6) is 1.56. The Kier molecular flexibility index (Phi) is 3.80. The number of nitrogens with zero attached hydrogens (tertiary/aromatic N) is 2. The zero-order valence-electron chi connectivity index (χ0n) is 10.4. The van der Waals surface area contributed by atoms with Gasteiger partial charge < -0.3 is 0 Å². The highest BCUT2D eigenvalue weighted by Gasteiger charge is 2.13. The Bertz CT molecular complexity index is 719. The van der Waals surface area contributed by atoms with E-state index in [0.29, 0.717) is 5.15 Å². The molecule has 98 valence electrons. The molecule has 0 unspecified atom stereocenters. The molecular weight excluding hydrogens is 316 g/mol. The SMILES string of the molecule is Cc1sc2nc(CSc3cccs3)nc(Cl)c2c1C. The van der Waals surface area contributed by atoms with Gasteiger partial charge in [-0.25, -0.2) is 9.97 Å². The molecule has 3 aromatic rings. The smallest absolute Gasteiger partial charge is 0.142 e. The van der Waals surface area contributed by atoms with Gasteiger partial charge in [-0.05, 0) is 30.9 Å². The Labute approximate surface area is 128 Å². The Morgan fingerprint density at radius 2 is 2.16 bits per heavy atom. The van der Waals surface area contributed by atoms with Crippen molar-refractivity contribution in [2.45, 2.75) is 23.8 Å². The van der Waals surface area contributed by atoms with Crippen LogP contribution in [0.15, 0.2) is 21.7 Å². The number of halogens is 1. The second kappa shape index (κ2) is 5.40. The quantitative estimate of drug-likeness (QED) is 0.481. The standard InChI is InChI=1S/C13H11ClN2S3/c1-7-8(2)19-13-11(7)12(14)15-9(16-13)6-18-10-4-3-5-17-10/h3-5H,6H2,1-2H3. The van der Waals surface area contributed by atoms with Crippen LogP contribution >= 0.6 is 46.0 Å². The average Bonchev–Trinajstić information content (AvgIpc) is 2.96. The van der Waals surface area contributed by atoms with Crippen molar-refractivity contribution in [1.29, 1.82) is 0 Å². The van der Waals surface area contributed by atoms with E-state index in [0.717, 1.165) is 21.8 Å². The van der Waals surface area contributed by atoms with Crippen molar-refractivity contribution in [3.8, 4) is 0 Å². The highest BCUT2D eigenvalue weighted by Crippen LogP contribution is 2.34. The highest BCUT2D eigenvalue weighted by atomic mass is 35.5. The molecule has 3 rings (SSSR count). The van der Waals surface area contributed by atoms with Gasteiger partial charge in [0.05, 0.1) is 15.3 Å². The summed E-state index contributed by atoms with van der Waals surface area (Å²) in [5.41, 5.74) is 1.20. The molecule has 0 spiro atoms. The summed E-state index contributed by atoms with van der Waals surface area (Å²) in [6.07, 6.45) is 0. The molecule has 6 heteroatoms. The minimum atomic E-state index is 0.577. The van der Waals surface area contributed by atoms with Crippen LogP contribution in [0.3, 0.4) is 0 Å². The average molecular weight is 327 g/mol. The topological polar surface area (TPSA) is 25.8 Å². The van der Waals surface area contributed by atoms with Crippen molar-refractivity contribution in [1.82, 2.24) is 9.97 Å². The van der Waals surface area contributed by atoms with Crippen LogP contribution in [0.5, 0.6) is 0 Å². The molecule has 0 radical (unpaired) electrons. The van der Waals surface area contributed by atoms with E-state index in [1.807, 2.05) is 0 Å². The summed E-state index contributed by atoms with van der Waals surface area (Å²) in [4.78, 5) is 11.3. The van der Waals surface area contributed by atoms with Crippen molar-refractivity contribution in [3.05, 3.63) is 38.9 Å². The molecule has 2 nitrogen and oxygen atoms in total. The number of rotatable bonds is 3. The van der Waals surface area contributed by atoms with E-state index in [1.165, 1.54) is 14.6 Å². The fourth-order valence-corrected chi connectivity index (χ4v) is 4.86. The zero-order valence-corrected chi connectivity index (χ0v) is 13.6. The minimum Gasteiger partial charge on any atom is -0.221 e. The van der Waals surface area contributed by atoms with Crippen LogP contribution in [-0.2, 0) is 5.75 Å². The van der Waals surface area contributed by atoms with Crippen molar-refractivity contribution in [2.24, 2.45) is 0 Å². The number of fused-ring (bicyclic) bond motifs is 1. The van der Waals surface area contributed by atoms with Crippen molar-refractivity contribution >= 4 is 56.3 Å². The lowest BCUT2D eigenvalue weighted by molar-refractivity contribution is 1.08. The Morgan fingerprint density at radius 1 is 1.32 bits per heavy atom. The fourth-order valence-electron chi connectivity index (χ4n) is 1.79. The molecule has 0 bridgehead atoms. The van der Waals surface area contributed by atoms with Gasteiger partial charge in [-0.1, -0.05) is 17.7 Å². The van der Waals surface area contributed by atoms with Gasteiger partial charge in [0.15, 0.2) is 0 Å². The molecule has 0 amide bonds. The number of thiophene rings is 2. The van der Waals surface area contributed by atoms with Gasteiger partial charge in [0, 0.05) is 4.88 Å². The van der Waals surface area contributed by atoms with Gasteiger partial charge in [-0.2, -0.15) is 0 Å². The van der Waals surface area contributed by atoms with Gasteiger partial charge >= 0.3 is 0 Å². The van der Waals surface area contributed by atoms with Gasteiger partial charge in [-0.3, -0.25) is 0 Å². The maximum absolute atomic E-state index is 6.29. The Morgan fingerprint density at radius 3 is 2.89 bits per heavy atom. The molecule has 3 heterocycles. The fraction of sp³-hybridized carbons (Fsp3) is 0.231. The molecular formula is C13H11ClN2S3. The third kappa shape index (κ3) is 2.65. The predicted molar refractivity (Wildman–Crippen MR) is 85.8 cm³/mol. The lowest BCUT2D eigenvalue weighted by atomic mass is 10.2. The van der Waals surface area contributed by atoms with E-state index in [9.17, 15) is 0 Å². The maximum atomic E-state index is 6.29. The first-order valence-corrected chi connectivity index (χ1v) is 8.79.